The number of sulfone groups is 1. The lowest BCUT2D eigenvalue weighted by atomic mass is 9.89. The third-order valence-electron chi connectivity index (χ3n) is 3.52. The van der Waals surface area contributed by atoms with Gasteiger partial charge in [0.2, 0.25) is 0 Å². The molecule has 0 amide bonds. The summed E-state index contributed by atoms with van der Waals surface area (Å²) in [5.74, 6) is 0.949. The second-order valence-corrected chi connectivity index (χ2v) is 7.54. The predicted molar refractivity (Wildman–Crippen MR) is 74.6 cm³/mol. The summed E-state index contributed by atoms with van der Waals surface area (Å²) >= 11 is 0. The van der Waals surface area contributed by atoms with Crippen LogP contribution in [0.5, 0.6) is 0 Å². The Labute approximate surface area is 111 Å². The van der Waals surface area contributed by atoms with Gasteiger partial charge in [0.25, 0.3) is 0 Å². The van der Waals surface area contributed by atoms with E-state index in [9.17, 15) is 8.42 Å². The van der Waals surface area contributed by atoms with Gasteiger partial charge in [-0.1, -0.05) is 6.92 Å². The molecule has 0 aromatic rings. The minimum Gasteiger partial charge on any atom is -0.381 e. The Morgan fingerprint density at radius 3 is 2.56 bits per heavy atom. The summed E-state index contributed by atoms with van der Waals surface area (Å²) in [6.45, 7) is 4.87. The fraction of sp³-hybridized carbons (Fsp3) is 1.00. The summed E-state index contributed by atoms with van der Waals surface area (Å²) < 4.78 is 27.7. The zero-order valence-corrected chi connectivity index (χ0v) is 12.5. The zero-order chi connectivity index (χ0) is 13.4. The van der Waals surface area contributed by atoms with Gasteiger partial charge in [0, 0.05) is 31.3 Å². The third-order valence-corrected chi connectivity index (χ3v) is 4.55. The molecule has 4 nitrogen and oxygen atoms in total. The van der Waals surface area contributed by atoms with E-state index in [0.717, 1.165) is 51.9 Å². The predicted octanol–water partition coefficient (Wildman–Crippen LogP) is 1.61. The minimum atomic E-state index is -2.82. The van der Waals surface area contributed by atoms with Gasteiger partial charge < -0.3 is 10.1 Å². The molecule has 0 radical (unpaired) electrons. The standard InChI is InChI=1S/C13H27NO3S/c1-3-8-14-13(5-4-11-18(2,15)16)12-6-9-17-10-7-12/h12-14H,3-11H2,1-2H3. The lowest BCUT2D eigenvalue weighted by Crippen LogP contribution is -2.39. The number of hydrogen-bond acceptors (Lipinski definition) is 4. The summed E-state index contributed by atoms with van der Waals surface area (Å²) in [7, 11) is -2.82. The van der Waals surface area contributed by atoms with Gasteiger partial charge in [-0.3, -0.25) is 0 Å². The Balaban J connectivity index is 2.38. The van der Waals surface area contributed by atoms with Crippen LogP contribution in [0.25, 0.3) is 0 Å². The molecule has 1 unspecified atom stereocenters. The molecule has 1 heterocycles. The number of ether oxygens (including phenoxy) is 1. The van der Waals surface area contributed by atoms with Crippen LogP contribution in [0.1, 0.15) is 39.0 Å². The first-order chi connectivity index (χ1) is 8.53. The lowest BCUT2D eigenvalue weighted by molar-refractivity contribution is 0.0525. The minimum absolute atomic E-state index is 0.306. The molecule has 1 saturated heterocycles. The Hall–Kier alpha value is -0.130. The van der Waals surface area contributed by atoms with E-state index in [4.69, 9.17) is 4.74 Å². The van der Waals surface area contributed by atoms with Crippen molar-refractivity contribution in [2.24, 2.45) is 5.92 Å². The van der Waals surface area contributed by atoms with Crippen LogP contribution < -0.4 is 5.32 Å². The zero-order valence-electron chi connectivity index (χ0n) is 11.7. The van der Waals surface area contributed by atoms with E-state index >= 15 is 0 Å². The van der Waals surface area contributed by atoms with Crippen LogP contribution in [0.15, 0.2) is 0 Å². The monoisotopic (exact) mass is 277 g/mol. The molecule has 0 aromatic heterocycles. The highest BCUT2D eigenvalue weighted by Crippen LogP contribution is 2.22. The SMILES string of the molecule is CCCNC(CCCS(C)(=O)=O)C1CCOCC1. The molecular formula is C13H27NO3S. The van der Waals surface area contributed by atoms with Gasteiger partial charge in [0.1, 0.15) is 9.84 Å². The summed E-state index contributed by atoms with van der Waals surface area (Å²) in [5, 5.41) is 3.58. The molecule has 0 aliphatic carbocycles. The maximum Gasteiger partial charge on any atom is 0.147 e. The van der Waals surface area contributed by atoms with Crippen molar-refractivity contribution in [3.8, 4) is 0 Å². The van der Waals surface area contributed by atoms with Crippen molar-refractivity contribution in [3.63, 3.8) is 0 Å². The van der Waals surface area contributed by atoms with Gasteiger partial charge in [0.15, 0.2) is 0 Å². The number of nitrogens with one attached hydrogen (secondary N) is 1. The summed E-state index contributed by atoms with van der Waals surface area (Å²) in [4.78, 5) is 0. The molecule has 1 rings (SSSR count). The molecule has 1 atom stereocenters. The van der Waals surface area contributed by atoms with Crippen LogP contribution in [0.3, 0.4) is 0 Å². The second kappa shape index (κ2) is 8.12. The third kappa shape index (κ3) is 6.71. The van der Waals surface area contributed by atoms with E-state index in [0.29, 0.717) is 17.7 Å². The molecule has 0 bridgehead atoms. The Bertz CT molecular complexity index is 310. The van der Waals surface area contributed by atoms with Gasteiger partial charge in [0.05, 0.1) is 0 Å². The van der Waals surface area contributed by atoms with Gasteiger partial charge in [-0.25, -0.2) is 8.42 Å². The van der Waals surface area contributed by atoms with Crippen molar-refractivity contribution in [3.05, 3.63) is 0 Å². The van der Waals surface area contributed by atoms with Gasteiger partial charge in [-0.2, -0.15) is 0 Å². The lowest BCUT2D eigenvalue weighted by Gasteiger charge is -2.31. The molecule has 0 saturated carbocycles. The van der Waals surface area contributed by atoms with Crippen molar-refractivity contribution < 1.29 is 13.2 Å². The van der Waals surface area contributed by atoms with Crippen molar-refractivity contribution in [2.75, 3.05) is 31.8 Å². The smallest absolute Gasteiger partial charge is 0.147 e. The molecule has 1 fully saturated rings. The van der Waals surface area contributed by atoms with E-state index in [1.54, 1.807) is 0 Å². The Morgan fingerprint density at radius 2 is 2.00 bits per heavy atom. The summed E-state index contributed by atoms with van der Waals surface area (Å²) in [5.41, 5.74) is 0. The maximum absolute atomic E-state index is 11.2. The van der Waals surface area contributed by atoms with Crippen LogP contribution in [0, 0.1) is 5.92 Å². The van der Waals surface area contributed by atoms with E-state index in [2.05, 4.69) is 12.2 Å². The highest BCUT2D eigenvalue weighted by Gasteiger charge is 2.23. The number of rotatable bonds is 8. The average Bonchev–Trinajstić information content (AvgIpc) is 2.33. The van der Waals surface area contributed by atoms with Crippen LogP contribution >= 0.6 is 0 Å². The van der Waals surface area contributed by atoms with Crippen molar-refractivity contribution >= 4 is 9.84 Å². The molecule has 1 aliphatic heterocycles. The van der Waals surface area contributed by atoms with Crippen LogP contribution in [-0.4, -0.2) is 46.2 Å². The molecule has 5 heteroatoms. The second-order valence-electron chi connectivity index (χ2n) is 5.28. The van der Waals surface area contributed by atoms with Crippen LogP contribution in [-0.2, 0) is 14.6 Å². The average molecular weight is 277 g/mol. The first-order valence-electron chi connectivity index (χ1n) is 7.02. The molecule has 0 aromatic carbocycles. The fourth-order valence-electron chi connectivity index (χ4n) is 2.52. The molecule has 1 N–H and O–H groups in total. The van der Waals surface area contributed by atoms with Gasteiger partial charge in [-0.05, 0) is 44.6 Å². The van der Waals surface area contributed by atoms with E-state index in [1.807, 2.05) is 0 Å². The van der Waals surface area contributed by atoms with Gasteiger partial charge in [-0.15, -0.1) is 0 Å². The van der Waals surface area contributed by atoms with Crippen LogP contribution in [0.2, 0.25) is 0 Å². The van der Waals surface area contributed by atoms with E-state index < -0.39 is 9.84 Å². The molecular weight excluding hydrogens is 250 g/mol. The largest absolute Gasteiger partial charge is 0.381 e. The molecule has 1 aliphatic rings. The Morgan fingerprint density at radius 1 is 1.33 bits per heavy atom. The first kappa shape index (κ1) is 15.9. The van der Waals surface area contributed by atoms with Gasteiger partial charge >= 0.3 is 0 Å². The van der Waals surface area contributed by atoms with Crippen LogP contribution in [0.4, 0.5) is 0 Å². The highest BCUT2D eigenvalue weighted by molar-refractivity contribution is 7.90. The van der Waals surface area contributed by atoms with Crippen molar-refractivity contribution in [1.82, 2.24) is 5.32 Å². The molecule has 108 valence electrons. The van der Waals surface area contributed by atoms with E-state index in [1.165, 1.54) is 6.26 Å². The fourth-order valence-corrected chi connectivity index (χ4v) is 3.21. The van der Waals surface area contributed by atoms with Crippen molar-refractivity contribution in [1.29, 1.82) is 0 Å². The molecule has 0 spiro atoms. The summed E-state index contributed by atoms with van der Waals surface area (Å²) in [6, 6.07) is 0.454. The topological polar surface area (TPSA) is 55.4 Å². The number of hydrogen-bond donors (Lipinski definition) is 1. The maximum atomic E-state index is 11.2. The highest BCUT2D eigenvalue weighted by atomic mass is 32.2. The quantitative estimate of drug-likeness (QED) is 0.732. The summed E-state index contributed by atoms with van der Waals surface area (Å²) in [6.07, 6.45) is 6.34. The normalized spacial score (nSPS) is 19.9. The Kier molecular flexibility index (Phi) is 7.19. The van der Waals surface area contributed by atoms with E-state index in [-0.39, 0.29) is 0 Å². The molecule has 18 heavy (non-hydrogen) atoms. The first-order valence-corrected chi connectivity index (χ1v) is 9.08. The van der Waals surface area contributed by atoms with Crippen molar-refractivity contribution in [2.45, 2.75) is 45.1 Å².